The van der Waals surface area contributed by atoms with Crippen molar-refractivity contribution in [3.05, 3.63) is 23.4 Å². The van der Waals surface area contributed by atoms with Crippen molar-refractivity contribution in [3.63, 3.8) is 0 Å². The lowest BCUT2D eigenvalue weighted by Crippen LogP contribution is -1.92. The van der Waals surface area contributed by atoms with Crippen LogP contribution in [0.25, 0.3) is 0 Å². The summed E-state index contributed by atoms with van der Waals surface area (Å²) in [6.45, 7) is 11.9. The van der Waals surface area contributed by atoms with Crippen LogP contribution in [0.2, 0.25) is 0 Å². The van der Waals surface area contributed by atoms with E-state index in [1.165, 1.54) is 11.1 Å². The molecule has 1 heteroatoms. The maximum atomic E-state index is 3.66. The number of allylic oxidation sites excluding steroid dienone is 3. The molecule has 0 bridgehead atoms. The molecule has 0 aliphatic rings. The predicted molar refractivity (Wildman–Crippen MR) is 51.9 cm³/mol. The second-order valence-corrected chi connectivity index (χ2v) is 3.00. The van der Waals surface area contributed by atoms with Gasteiger partial charge in [-0.3, -0.25) is 4.99 Å². The Labute approximate surface area is 69.5 Å². The molecule has 11 heavy (non-hydrogen) atoms. The Hall–Kier alpha value is -0.850. The van der Waals surface area contributed by atoms with Crippen molar-refractivity contribution >= 4 is 6.72 Å². The Bertz CT molecular complexity index is 183. The van der Waals surface area contributed by atoms with Crippen LogP contribution in [0.4, 0.5) is 0 Å². The molecule has 0 aliphatic carbocycles. The third-order valence-electron chi connectivity index (χ3n) is 1.95. The molecule has 1 nitrogen and oxygen atoms in total. The standard InChI is InChI=1S/C10H17N/c1-8(2)10(4)9(3)6-7-11-5/h6-7,9H,5H2,1-4H3/b7-6-. The molecule has 0 aromatic rings. The average molecular weight is 151 g/mol. The first-order valence-electron chi connectivity index (χ1n) is 3.86. The highest BCUT2D eigenvalue weighted by Crippen LogP contribution is 2.14. The minimum absolute atomic E-state index is 0.477. The summed E-state index contributed by atoms with van der Waals surface area (Å²) in [6.07, 6.45) is 3.80. The quantitative estimate of drug-likeness (QED) is 0.434. The molecule has 0 saturated carbocycles. The van der Waals surface area contributed by atoms with Crippen LogP contribution in [0.5, 0.6) is 0 Å². The van der Waals surface area contributed by atoms with Gasteiger partial charge in [-0.25, -0.2) is 0 Å². The van der Waals surface area contributed by atoms with E-state index in [0.717, 1.165) is 0 Å². The highest BCUT2D eigenvalue weighted by molar-refractivity contribution is 5.26. The van der Waals surface area contributed by atoms with Crippen molar-refractivity contribution in [2.75, 3.05) is 0 Å². The van der Waals surface area contributed by atoms with Crippen LogP contribution in [0, 0.1) is 5.92 Å². The molecule has 0 amide bonds. The minimum Gasteiger partial charge on any atom is -0.273 e. The summed E-state index contributed by atoms with van der Waals surface area (Å²) < 4.78 is 0. The van der Waals surface area contributed by atoms with Gasteiger partial charge in [0.15, 0.2) is 0 Å². The molecule has 1 atom stereocenters. The lowest BCUT2D eigenvalue weighted by molar-refractivity contribution is 0.842. The Morgan fingerprint density at radius 2 is 1.91 bits per heavy atom. The lowest BCUT2D eigenvalue weighted by Gasteiger charge is -2.07. The SMILES string of the molecule is C=N/C=C\C(C)C(C)=C(C)C. The van der Waals surface area contributed by atoms with Crippen molar-refractivity contribution in [2.24, 2.45) is 10.9 Å². The molecular formula is C10H17N. The van der Waals surface area contributed by atoms with Gasteiger partial charge in [-0.2, -0.15) is 0 Å². The van der Waals surface area contributed by atoms with Gasteiger partial charge in [0.25, 0.3) is 0 Å². The fourth-order valence-corrected chi connectivity index (χ4v) is 0.790. The Morgan fingerprint density at radius 1 is 1.36 bits per heavy atom. The maximum absolute atomic E-state index is 3.66. The van der Waals surface area contributed by atoms with E-state index in [0.29, 0.717) is 5.92 Å². The third kappa shape index (κ3) is 3.76. The molecule has 0 heterocycles. The number of hydrogen-bond acceptors (Lipinski definition) is 1. The molecule has 0 rings (SSSR count). The van der Waals surface area contributed by atoms with Gasteiger partial charge in [-0.05, 0) is 33.4 Å². The van der Waals surface area contributed by atoms with Crippen molar-refractivity contribution in [1.29, 1.82) is 0 Å². The number of rotatable bonds is 3. The summed E-state index contributed by atoms with van der Waals surface area (Å²) in [5.74, 6) is 0.477. The van der Waals surface area contributed by atoms with E-state index in [1.54, 1.807) is 6.20 Å². The number of aliphatic imine (C=N–C) groups is 1. The van der Waals surface area contributed by atoms with Gasteiger partial charge in [-0.1, -0.05) is 24.1 Å². The topological polar surface area (TPSA) is 12.4 Å². The van der Waals surface area contributed by atoms with Crippen LogP contribution in [0.15, 0.2) is 28.4 Å². The number of hydrogen-bond donors (Lipinski definition) is 0. The summed E-state index contributed by atoms with van der Waals surface area (Å²) in [7, 11) is 0. The molecule has 0 N–H and O–H groups in total. The minimum atomic E-state index is 0.477. The second kappa shape index (κ2) is 4.89. The second-order valence-electron chi connectivity index (χ2n) is 3.00. The molecule has 0 aromatic heterocycles. The van der Waals surface area contributed by atoms with Gasteiger partial charge in [0.05, 0.1) is 0 Å². The molecule has 1 unspecified atom stereocenters. The van der Waals surface area contributed by atoms with E-state index in [2.05, 4.69) is 45.5 Å². The molecule has 0 radical (unpaired) electrons. The summed E-state index contributed by atoms with van der Waals surface area (Å²) >= 11 is 0. The highest BCUT2D eigenvalue weighted by atomic mass is 14.6. The fraction of sp³-hybridized carbons (Fsp3) is 0.500. The van der Waals surface area contributed by atoms with Crippen LogP contribution >= 0.6 is 0 Å². The third-order valence-corrected chi connectivity index (χ3v) is 1.95. The molecule has 0 aromatic carbocycles. The van der Waals surface area contributed by atoms with E-state index in [9.17, 15) is 0 Å². The average Bonchev–Trinajstić information content (AvgIpc) is 1.98. The van der Waals surface area contributed by atoms with Crippen LogP contribution in [-0.2, 0) is 0 Å². The van der Waals surface area contributed by atoms with E-state index in [-0.39, 0.29) is 0 Å². The van der Waals surface area contributed by atoms with Gasteiger partial charge < -0.3 is 0 Å². The van der Waals surface area contributed by atoms with Gasteiger partial charge in [0.1, 0.15) is 0 Å². The maximum Gasteiger partial charge on any atom is 0.0226 e. The van der Waals surface area contributed by atoms with Gasteiger partial charge in [0, 0.05) is 6.20 Å². The Balaban J connectivity index is 4.25. The zero-order chi connectivity index (χ0) is 8.85. The molecule has 0 saturated heterocycles. The first-order chi connectivity index (χ1) is 5.09. The van der Waals surface area contributed by atoms with Crippen molar-refractivity contribution < 1.29 is 0 Å². The summed E-state index contributed by atoms with van der Waals surface area (Å²) in [6, 6.07) is 0. The largest absolute Gasteiger partial charge is 0.273 e. The molecule has 0 fully saturated rings. The van der Waals surface area contributed by atoms with E-state index in [4.69, 9.17) is 0 Å². The molecule has 0 aliphatic heterocycles. The van der Waals surface area contributed by atoms with E-state index in [1.807, 2.05) is 0 Å². The zero-order valence-corrected chi connectivity index (χ0v) is 7.89. The predicted octanol–water partition coefficient (Wildman–Crippen LogP) is 3.19. The normalized spacial score (nSPS) is 13.1. The van der Waals surface area contributed by atoms with Crippen molar-refractivity contribution in [3.8, 4) is 0 Å². The first kappa shape index (κ1) is 10.2. The van der Waals surface area contributed by atoms with E-state index < -0.39 is 0 Å². The van der Waals surface area contributed by atoms with Crippen LogP contribution in [0.3, 0.4) is 0 Å². The zero-order valence-electron chi connectivity index (χ0n) is 7.89. The van der Waals surface area contributed by atoms with Gasteiger partial charge in [-0.15, -0.1) is 0 Å². The first-order valence-corrected chi connectivity index (χ1v) is 3.86. The highest BCUT2D eigenvalue weighted by Gasteiger charge is 1.99. The van der Waals surface area contributed by atoms with E-state index >= 15 is 0 Å². The molecule has 62 valence electrons. The fourth-order valence-electron chi connectivity index (χ4n) is 0.790. The Kier molecular flexibility index (Phi) is 4.51. The van der Waals surface area contributed by atoms with Crippen LogP contribution in [0.1, 0.15) is 27.7 Å². The van der Waals surface area contributed by atoms with Gasteiger partial charge in [0.2, 0.25) is 0 Å². The summed E-state index contributed by atoms with van der Waals surface area (Å²) in [5, 5.41) is 0. The molecule has 0 spiro atoms. The summed E-state index contributed by atoms with van der Waals surface area (Å²) in [4.78, 5) is 3.66. The lowest BCUT2D eigenvalue weighted by atomic mass is 9.99. The van der Waals surface area contributed by atoms with Gasteiger partial charge >= 0.3 is 0 Å². The summed E-state index contributed by atoms with van der Waals surface area (Å²) in [5.41, 5.74) is 2.79. The van der Waals surface area contributed by atoms with Crippen molar-refractivity contribution in [2.45, 2.75) is 27.7 Å². The molecular weight excluding hydrogens is 134 g/mol. The van der Waals surface area contributed by atoms with Crippen molar-refractivity contribution in [1.82, 2.24) is 0 Å². The number of nitrogens with zero attached hydrogens (tertiary/aromatic N) is 1. The smallest absolute Gasteiger partial charge is 0.0226 e. The van der Waals surface area contributed by atoms with Crippen LogP contribution in [-0.4, -0.2) is 6.72 Å². The monoisotopic (exact) mass is 151 g/mol. The Morgan fingerprint density at radius 3 is 2.27 bits per heavy atom. The van der Waals surface area contributed by atoms with Crippen LogP contribution < -0.4 is 0 Å².